The summed E-state index contributed by atoms with van der Waals surface area (Å²) in [6.07, 6.45) is 5.18. The van der Waals surface area contributed by atoms with Crippen LogP contribution in [0.1, 0.15) is 55.8 Å². The molecule has 0 heterocycles. The molecule has 0 unspecified atom stereocenters. The molecule has 1 fully saturated rings. The van der Waals surface area contributed by atoms with E-state index in [-0.39, 0.29) is 5.97 Å². The molecule has 1 saturated carbocycles. The fourth-order valence-electron chi connectivity index (χ4n) is 2.89. The Morgan fingerprint density at radius 2 is 1.83 bits per heavy atom. The summed E-state index contributed by atoms with van der Waals surface area (Å²) in [7, 11) is 0. The average Bonchev–Trinajstić information content (AvgIpc) is 3.06. The highest BCUT2D eigenvalue weighted by Crippen LogP contribution is 2.28. The maximum absolute atomic E-state index is 12.0. The summed E-state index contributed by atoms with van der Waals surface area (Å²) >= 11 is 0. The third-order valence-electron chi connectivity index (χ3n) is 4.35. The van der Waals surface area contributed by atoms with Crippen molar-refractivity contribution in [2.45, 2.75) is 51.6 Å². The van der Waals surface area contributed by atoms with Crippen molar-refractivity contribution in [3.8, 4) is 0 Å². The number of carbonyl (C=O) groups excluding carboxylic acids is 3. The van der Waals surface area contributed by atoms with E-state index in [2.05, 4.69) is 5.32 Å². The minimum absolute atomic E-state index is 0.339. The first-order valence-electron chi connectivity index (χ1n) is 8.36. The average molecular weight is 332 g/mol. The Morgan fingerprint density at radius 3 is 2.42 bits per heavy atom. The number of amides is 2. The van der Waals surface area contributed by atoms with Crippen molar-refractivity contribution in [3.05, 3.63) is 29.8 Å². The van der Waals surface area contributed by atoms with Crippen molar-refractivity contribution in [2.24, 2.45) is 11.7 Å². The van der Waals surface area contributed by atoms with Gasteiger partial charge in [0.1, 0.15) is 0 Å². The Morgan fingerprint density at radius 1 is 1.21 bits per heavy atom. The minimum Gasteiger partial charge on any atom is -0.453 e. The number of nitrogens with one attached hydrogen (secondary N) is 1. The van der Waals surface area contributed by atoms with Gasteiger partial charge >= 0.3 is 5.97 Å². The van der Waals surface area contributed by atoms with Crippen LogP contribution in [0, 0.1) is 5.92 Å². The van der Waals surface area contributed by atoms with Crippen LogP contribution in [0.3, 0.4) is 0 Å². The summed E-state index contributed by atoms with van der Waals surface area (Å²) in [4.78, 5) is 34.9. The van der Waals surface area contributed by atoms with Crippen LogP contribution in [-0.2, 0) is 14.3 Å². The zero-order valence-electron chi connectivity index (χ0n) is 13.9. The molecule has 1 aliphatic rings. The van der Waals surface area contributed by atoms with Gasteiger partial charge in [0.2, 0.25) is 5.91 Å². The lowest BCUT2D eigenvalue weighted by Crippen LogP contribution is -2.30. The summed E-state index contributed by atoms with van der Waals surface area (Å²) in [6.45, 7) is 1.54. The van der Waals surface area contributed by atoms with E-state index in [1.165, 1.54) is 37.8 Å². The minimum atomic E-state index is -0.864. The highest BCUT2D eigenvalue weighted by Gasteiger charge is 2.20. The number of benzene rings is 1. The summed E-state index contributed by atoms with van der Waals surface area (Å²) in [5, 5.41) is 2.64. The molecule has 6 heteroatoms. The second-order valence-corrected chi connectivity index (χ2v) is 6.25. The van der Waals surface area contributed by atoms with Crippen LogP contribution < -0.4 is 11.1 Å². The lowest BCUT2D eigenvalue weighted by Gasteiger charge is -2.14. The number of rotatable bonds is 7. The fraction of sp³-hybridized carbons (Fsp3) is 0.500. The van der Waals surface area contributed by atoms with Crippen molar-refractivity contribution in [3.63, 3.8) is 0 Å². The molecular weight excluding hydrogens is 308 g/mol. The number of anilines is 1. The van der Waals surface area contributed by atoms with Gasteiger partial charge in [-0.2, -0.15) is 0 Å². The smallest absolute Gasteiger partial charge is 0.306 e. The van der Waals surface area contributed by atoms with E-state index in [9.17, 15) is 14.4 Å². The predicted molar refractivity (Wildman–Crippen MR) is 90.3 cm³/mol. The van der Waals surface area contributed by atoms with E-state index in [1.807, 2.05) is 0 Å². The molecule has 6 nitrogen and oxygen atoms in total. The van der Waals surface area contributed by atoms with Crippen LogP contribution >= 0.6 is 0 Å². The Balaban J connectivity index is 1.76. The van der Waals surface area contributed by atoms with E-state index >= 15 is 0 Å². The summed E-state index contributed by atoms with van der Waals surface area (Å²) in [5.41, 5.74) is 6.03. The summed E-state index contributed by atoms with van der Waals surface area (Å²) in [5.74, 6) is -0.660. The topological polar surface area (TPSA) is 98.5 Å². The number of esters is 1. The number of hydrogen-bond acceptors (Lipinski definition) is 4. The molecule has 24 heavy (non-hydrogen) atoms. The molecule has 0 bridgehead atoms. The van der Waals surface area contributed by atoms with Crippen molar-refractivity contribution in [2.75, 3.05) is 5.32 Å². The Kier molecular flexibility index (Phi) is 6.35. The molecule has 1 aliphatic carbocycles. The molecule has 0 radical (unpaired) electrons. The van der Waals surface area contributed by atoms with Crippen molar-refractivity contribution < 1.29 is 19.1 Å². The Hall–Kier alpha value is -2.37. The van der Waals surface area contributed by atoms with Gasteiger partial charge in [-0.25, -0.2) is 0 Å². The largest absolute Gasteiger partial charge is 0.453 e. The maximum Gasteiger partial charge on any atom is 0.306 e. The number of nitrogens with two attached hydrogens (primary N) is 1. The van der Waals surface area contributed by atoms with E-state index in [1.54, 1.807) is 19.1 Å². The zero-order chi connectivity index (χ0) is 17.5. The number of ether oxygens (including phenoxy) is 1. The van der Waals surface area contributed by atoms with Crippen LogP contribution in [0.25, 0.3) is 0 Å². The first kappa shape index (κ1) is 18.0. The highest BCUT2D eigenvalue weighted by molar-refractivity contribution is 5.96. The summed E-state index contributed by atoms with van der Waals surface area (Å²) < 4.78 is 5.18. The van der Waals surface area contributed by atoms with Gasteiger partial charge in [0.25, 0.3) is 5.91 Å². The van der Waals surface area contributed by atoms with Crippen LogP contribution in [0.15, 0.2) is 24.3 Å². The normalized spacial score (nSPS) is 15.7. The van der Waals surface area contributed by atoms with E-state index in [0.717, 1.165) is 6.42 Å². The fourth-order valence-corrected chi connectivity index (χ4v) is 2.89. The van der Waals surface area contributed by atoms with Crippen LogP contribution in [0.2, 0.25) is 0 Å². The first-order valence-corrected chi connectivity index (χ1v) is 8.36. The number of carbonyl (C=O) groups is 3. The number of primary amides is 1. The van der Waals surface area contributed by atoms with Gasteiger partial charge in [-0.15, -0.1) is 0 Å². The van der Waals surface area contributed by atoms with E-state index in [0.29, 0.717) is 23.6 Å². The van der Waals surface area contributed by atoms with Crippen LogP contribution in [0.4, 0.5) is 5.69 Å². The third-order valence-corrected chi connectivity index (χ3v) is 4.35. The quantitative estimate of drug-likeness (QED) is 0.750. The highest BCUT2D eigenvalue weighted by atomic mass is 16.5. The predicted octanol–water partition coefficient (Wildman–Crippen LogP) is 2.63. The standard InChI is InChI=1S/C18H24N2O4/c1-12(24-16(21)11-6-13-4-2-3-5-13)18(23)20-15-9-7-14(8-10-15)17(19)22/h7-10,12-13H,2-6,11H2,1H3,(H2,19,22)(H,20,23)/t12-/m1/s1. The second-order valence-electron chi connectivity index (χ2n) is 6.25. The first-order chi connectivity index (χ1) is 11.5. The monoisotopic (exact) mass is 332 g/mol. The second kappa shape index (κ2) is 8.47. The molecule has 0 aromatic heterocycles. The molecule has 0 saturated heterocycles. The summed E-state index contributed by atoms with van der Waals surface area (Å²) in [6, 6.07) is 6.20. The zero-order valence-corrected chi connectivity index (χ0v) is 13.9. The van der Waals surface area contributed by atoms with Gasteiger partial charge in [-0.1, -0.05) is 25.7 Å². The van der Waals surface area contributed by atoms with Crippen molar-refractivity contribution in [1.29, 1.82) is 0 Å². The molecule has 1 atom stereocenters. The lowest BCUT2D eigenvalue weighted by molar-refractivity contribution is -0.153. The molecule has 130 valence electrons. The molecule has 1 aromatic rings. The molecule has 0 aliphatic heterocycles. The Labute approximate surface area is 141 Å². The van der Waals surface area contributed by atoms with Crippen molar-refractivity contribution >= 4 is 23.5 Å². The molecular formula is C18H24N2O4. The van der Waals surface area contributed by atoms with Gasteiger partial charge in [-0.05, 0) is 43.5 Å². The van der Waals surface area contributed by atoms with E-state index < -0.39 is 17.9 Å². The van der Waals surface area contributed by atoms with Crippen LogP contribution in [-0.4, -0.2) is 23.9 Å². The SMILES string of the molecule is C[C@@H](OC(=O)CCC1CCCC1)C(=O)Nc1ccc(C(N)=O)cc1. The molecule has 2 amide bonds. The maximum atomic E-state index is 12.0. The van der Waals surface area contributed by atoms with E-state index in [4.69, 9.17) is 10.5 Å². The molecule has 1 aromatic carbocycles. The molecule has 3 N–H and O–H groups in total. The van der Waals surface area contributed by atoms with Crippen LogP contribution in [0.5, 0.6) is 0 Å². The Bertz CT molecular complexity index is 592. The van der Waals surface area contributed by atoms with Gasteiger partial charge in [0.05, 0.1) is 0 Å². The van der Waals surface area contributed by atoms with Gasteiger partial charge in [0, 0.05) is 17.7 Å². The van der Waals surface area contributed by atoms with Crippen molar-refractivity contribution in [1.82, 2.24) is 0 Å². The molecule has 2 rings (SSSR count). The molecule has 0 spiro atoms. The van der Waals surface area contributed by atoms with Gasteiger partial charge in [-0.3, -0.25) is 14.4 Å². The van der Waals surface area contributed by atoms with Gasteiger partial charge in [0.15, 0.2) is 6.10 Å². The van der Waals surface area contributed by atoms with Gasteiger partial charge < -0.3 is 15.8 Å². The lowest BCUT2D eigenvalue weighted by atomic mass is 10.0. The third kappa shape index (κ3) is 5.37. The number of hydrogen-bond donors (Lipinski definition) is 2.